The zero-order chi connectivity index (χ0) is 25.7. The fraction of sp³-hybridized carbons (Fsp3) is 0.269. The molecular formula is C26H26Cl2N4O4. The minimum atomic E-state index is -0.843. The fourth-order valence-corrected chi connectivity index (χ4v) is 4.37. The van der Waals surface area contributed by atoms with Crippen LogP contribution < -0.4 is 15.4 Å². The SMILES string of the molecule is CCOC(=O)Oc1cnn2c1NC(C)=C(C(=O)NCCCc1ccccc1)C2c1ccc(Cl)c(Cl)c1. The maximum absolute atomic E-state index is 13.4. The molecule has 0 fully saturated rings. The third-order valence-electron chi connectivity index (χ3n) is 5.72. The number of benzene rings is 2. The summed E-state index contributed by atoms with van der Waals surface area (Å²) >= 11 is 12.5. The summed E-state index contributed by atoms with van der Waals surface area (Å²) in [5.74, 6) is 0.357. The van der Waals surface area contributed by atoms with E-state index in [1.165, 1.54) is 11.8 Å². The van der Waals surface area contributed by atoms with Gasteiger partial charge in [-0.15, -0.1) is 0 Å². The fourth-order valence-electron chi connectivity index (χ4n) is 4.06. The number of hydrogen-bond acceptors (Lipinski definition) is 6. The smallest absolute Gasteiger partial charge is 0.434 e. The highest BCUT2D eigenvalue weighted by atomic mass is 35.5. The van der Waals surface area contributed by atoms with E-state index in [-0.39, 0.29) is 18.3 Å². The van der Waals surface area contributed by atoms with Crippen LogP contribution in [0.15, 0.2) is 66.0 Å². The Labute approximate surface area is 219 Å². The van der Waals surface area contributed by atoms with E-state index in [1.807, 2.05) is 18.2 Å². The molecular weight excluding hydrogens is 503 g/mol. The van der Waals surface area contributed by atoms with Crippen LogP contribution in [0.2, 0.25) is 10.0 Å². The lowest BCUT2D eigenvalue weighted by atomic mass is 9.94. The Morgan fingerprint density at radius 1 is 1.14 bits per heavy atom. The van der Waals surface area contributed by atoms with Crippen molar-refractivity contribution < 1.29 is 19.1 Å². The molecule has 0 bridgehead atoms. The van der Waals surface area contributed by atoms with Gasteiger partial charge in [0.1, 0.15) is 6.04 Å². The first kappa shape index (κ1) is 25.6. The number of nitrogens with zero attached hydrogens (tertiary/aromatic N) is 2. The molecule has 3 aromatic rings. The van der Waals surface area contributed by atoms with Crippen molar-refractivity contribution in [2.24, 2.45) is 0 Å². The number of carbonyl (C=O) groups excluding carboxylic acids is 2. The van der Waals surface area contributed by atoms with E-state index in [2.05, 4.69) is 27.9 Å². The van der Waals surface area contributed by atoms with Crippen LogP contribution in [0.5, 0.6) is 5.75 Å². The highest BCUT2D eigenvalue weighted by Gasteiger charge is 2.35. The van der Waals surface area contributed by atoms with E-state index >= 15 is 0 Å². The third-order valence-corrected chi connectivity index (χ3v) is 6.46. The molecule has 10 heteroatoms. The standard InChI is InChI=1S/C26H26Cl2N4O4/c1-3-35-26(34)36-21-15-30-32-23(18-11-12-19(27)20(28)14-18)22(16(2)31-24(21)32)25(33)29-13-7-10-17-8-5-4-6-9-17/h4-6,8-9,11-12,14-15,23,31H,3,7,10,13H2,1-2H3,(H,29,33). The number of aryl methyl sites for hydroxylation is 1. The lowest BCUT2D eigenvalue weighted by Gasteiger charge is -2.30. The first-order valence-electron chi connectivity index (χ1n) is 11.6. The Hall–Kier alpha value is -3.49. The Morgan fingerprint density at radius 3 is 2.64 bits per heavy atom. The largest absolute Gasteiger partial charge is 0.514 e. The van der Waals surface area contributed by atoms with Crippen LogP contribution in [-0.4, -0.2) is 35.0 Å². The minimum absolute atomic E-state index is 0.176. The Kier molecular flexibility index (Phi) is 8.18. The molecule has 0 spiro atoms. The summed E-state index contributed by atoms with van der Waals surface area (Å²) in [6.07, 6.45) is 2.20. The number of hydrogen-bond donors (Lipinski definition) is 2. The second-order valence-electron chi connectivity index (χ2n) is 8.17. The predicted octanol–water partition coefficient (Wildman–Crippen LogP) is 5.76. The van der Waals surface area contributed by atoms with Gasteiger partial charge < -0.3 is 20.1 Å². The predicted molar refractivity (Wildman–Crippen MR) is 139 cm³/mol. The number of allylic oxidation sites excluding steroid dienone is 1. The van der Waals surface area contributed by atoms with Gasteiger partial charge in [0.2, 0.25) is 0 Å². The van der Waals surface area contributed by atoms with E-state index in [0.29, 0.717) is 39.2 Å². The summed E-state index contributed by atoms with van der Waals surface area (Å²) in [4.78, 5) is 25.3. The molecule has 2 aromatic carbocycles. The second kappa shape index (κ2) is 11.5. The average molecular weight is 529 g/mol. The summed E-state index contributed by atoms with van der Waals surface area (Å²) in [7, 11) is 0. The van der Waals surface area contributed by atoms with E-state index in [1.54, 1.807) is 36.7 Å². The zero-order valence-electron chi connectivity index (χ0n) is 19.9. The van der Waals surface area contributed by atoms with Gasteiger partial charge in [-0.25, -0.2) is 9.48 Å². The van der Waals surface area contributed by atoms with Crippen LogP contribution in [0.25, 0.3) is 0 Å². The van der Waals surface area contributed by atoms with Gasteiger partial charge in [-0.1, -0.05) is 59.6 Å². The molecule has 1 unspecified atom stereocenters. The summed E-state index contributed by atoms with van der Waals surface area (Å²) in [5.41, 5.74) is 2.97. The summed E-state index contributed by atoms with van der Waals surface area (Å²) in [6, 6.07) is 14.6. The van der Waals surface area contributed by atoms with E-state index in [4.69, 9.17) is 32.7 Å². The van der Waals surface area contributed by atoms with Crippen LogP contribution in [-0.2, 0) is 16.0 Å². The Bertz CT molecular complexity index is 1290. The number of nitrogens with one attached hydrogen (secondary N) is 2. The lowest BCUT2D eigenvalue weighted by molar-refractivity contribution is -0.118. The van der Waals surface area contributed by atoms with Crippen LogP contribution in [0.4, 0.5) is 10.6 Å². The molecule has 2 N–H and O–H groups in total. The number of rotatable bonds is 8. The van der Waals surface area contributed by atoms with Crippen molar-refractivity contribution in [3.05, 3.63) is 87.2 Å². The molecule has 1 aromatic heterocycles. The maximum Gasteiger partial charge on any atom is 0.514 e. The van der Waals surface area contributed by atoms with Gasteiger partial charge in [0.15, 0.2) is 11.6 Å². The summed E-state index contributed by atoms with van der Waals surface area (Å²) in [6.45, 7) is 4.15. The second-order valence-corrected chi connectivity index (χ2v) is 8.99. The van der Waals surface area contributed by atoms with Crippen LogP contribution in [0, 0.1) is 0 Å². The average Bonchev–Trinajstić information content (AvgIpc) is 3.25. The molecule has 1 aliphatic heterocycles. The van der Waals surface area contributed by atoms with Gasteiger partial charge in [0.25, 0.3) is 5.91 Å². The number of carbonyl (C=O) groups is 2. The molecule has 0 saturated heterocycles. The number of amides is 1. The number of fused-ring (bicyclic) bond motifs is 1. The van der Waals surface area contributed by atoms with Gasteiger partial charge in [0.05, 0.1) is 28.4 Å². The highest BCUT2D eigenvalue weighted by molar-refractivity contribution is 6.42. The van der Waals surface area contributed by atoms with Crippen molar-refractivity contribution in [2.75, 3.05) is 18.5 Å². The van der Waals surface area contributed by atoms with Gasteiger partial charge in [-0.3, -0.25) is 4.79 Å². The molecule has 8 nitrogen and oxygen atoms in total. The molecule has 1 amide bonds. The number of halogens is 2. The monoisotopic (exact) mass is 528 g/mol. The van der Waals surface area contributed by atoms with Crippen LogP contribution in [0.1, 0.15) is 37.4 Å². The molecule has 1 atom stereocenters. The van der Waals surface area contributed by atoms with Gasteiger partial charge in [-0.05, 0) is 49.9 Å². The Morgan fingerprint density at radius 2 is 1.92 bits per heavy atom. The first-order chi connectivity index (χ1) is 17.4. The van der Waals surface area contributed by atoms with Gasteiger partial charge in [0, 0.05) is 12.2 Å². The highest BCUT2D eigenvalue weighted by Crippen LogP contribution is 2.41. The van der Waals surface area contributed by atoms with Gasteiger partial charge in [-0.2, -0.15) is 5.10 Å². The van der Waals surface area contributed by atoms with Crippen molar-refractivity contribution in [2.45, 2.75) is 32.7 Å². The minimum Gasteiger partial charge on any atom is -0.434 e. The number of aromatic nitrogens is 2. The zero-order valence-corrected chi connectivity index (χ0v) is 21.4. The molecule has 0 saturated carbocycles. The molecule has 1 aliphatic rings. The third kappa shape index (κ3) is 5.66. The molecule has 188 valence electrons. The van der Waals surface area contributed by atoms with Crippen molar-refractivity contribution in [1.82, 2.24) is 15.1 Å². The topological polar surface area (TPSA) is 94.5 Å². The van der Waals surface area contributed by atoms with Crippen LogP contribution in [0.3, 0.4) is 0 Å². The van der Waals surface area contributed by atoms with Crippen molar-refractivity contribution in [3.8, 4) is 5.75 Å². The van der Waals surface area contributed by atoms with Crippen molar-refractivity contribution >= 4 is 41.1 Å². The van der Waals surface area contributed by atoms with E-state index in [9.17, 15) is 9.59 Å². The van der Waals surface area contributed by atoms with Crippen LogP contribution >= 0.6 is 23.2 Å². The number of ether oxygens (including phenoxy) is 2. The maximum atomic E-state index is 13.4. The molecule has 0 aliphatic carbocycles. The molecule has 36 heavy (non-hydrogen) atoms. The molecule has 4 rings (SSSR count). The molecule has 0 radical (unpaired) electrons. The van der Waals surface area contributed by atoms with Gasteiger partial charge >= 0.3 is 6.16 Å². The molecule has 2 heterocycles. The van der Waals surface area contributed by atoms with Crippen molar-refractivity contribution in [1.29, 1.82) is 0 Å². The lowest BCUT2D eigenvalue weighted by Crippen LogP contribution is -2.35. The summed E-state index contributed by atoms with van der Waals surface area (Å²) in [5, 5.41) is 11.3. The Balaban J connectivity index is 1.60. The quantitative estimate of drug-likeness (QED) is 0.285. The number of anilines is 1. The van der Waals surface area contributed by atoms with Crippen molar-refractivity contribution in [3.63, 3.8) is 0 Å². The normalized spacial score (nSPS) is 14.6. The summed E-state index contributed by atoms with van der Waals surface area (Å²) < 4.78 is 11.8. The van der Waals surface area contributed by atoms with E-state index < -0.39 is 12.2 Å². The van der Waals surface area contributed by atoms with E-state index in [0.717, 1.165) is 12.8 Å². The first-order valence-corrected chi connectivity index (χ1v) is 12.3.